The summed E-state index contributed by atoms with van der Waals surface area (Å²) in [7, 11) is 0. The molecular weight excluding hydrogens is 266 g/mol. The summed E-state index contributed by atoms with van der Waals surface area (Å²) >= 11 is 5.76. The highest BCUT2D eigenvalue weighted by molar-refractivity contribution is 6.30. The molecule has 1 aromatic carbocycles. The van der Waals surface area contributed by atoms with E-state index in [0.29, 0.717) is 28.9 Å². The first-order valence-corrected chi connectivity index (χ1v) is 6.16. The van der Waals surface area contributed by atoms with Crippen molar-refractivity contribution in [2.75, 3.05) is 5.32 Å². The monoisotopic (exact) mass is 279 g/mol. The minimum absolute atomic E-state index is 0.298. The van der Waals surface area contributed by atoms with Crippen molar-refractivity contribution in [2.45, 2.75) is 20.4 Å². The fourth-order valence-corrected chi connectivity index (χ4v) is 1.73. The van der Waals surface area contributed by atoms with Crippen molar-refractivity contribution in [1.82, 2.24) is 10.3 Å². The van der Waals surface area contributed by atoms with Crippen molar-refractivity contribution in [3.63, 3.8) is 0 Å². The van der Waals surface area contributed by atoms with Gasteiger partial charge in [-0.05, 0) is 31.2 Å². The molecule has 2 rings (SSSR count). The largest absolute Gasteiger partial charge is 0.444 e. The molecule has 1 aromatic heterocycles. The first kappa shape index (κ1) is 13.4. The second kappa shape index (κ2) is 5.75. The molecule has 19 heavy (non-hydrogen) atoms. The summed E-state index contributed by atoms with van der Waals surface area (Å²) in [5, 5.41) is 6.02. The van der Waals surface area contributed by atoms with E-state index in [9.17, 15) is 4.79 Å². The SMILES string of the molecule is Cc1nc(C)c(CNC(=O)Nc2ccc(Cl)cc2)o1. The maximum absolute atomic E-state index is 11.7. The Balaban J connectivity index is 1.88. The van der Waals surface area contributed by atoms with Crippen LogP contribution in [0, 0.1) is 13.8 Å². The maximum atomic E-state index is 11.7. The standard InChI is InChI=1S/C13H14ClN3O2/c1-8-12(19-9(2)16-8)7-15-13(18)17-11-5-3-10(14)4-6-11/h3-6H,7H2,1-2H3,(H2,15,17,18). The zero-order valence-corrected chi connectivity index (χ0v) is 11.4. The zero-order valence-electron chi connectivity index (χ0n) is 10.7. The molecule has 5 nitrogen and oxygen atoms in total. The Kier molecular flexibility index (Phi) is 4.06. The van der Waals surface area contributed by atoms with Crippen LogP contribution in [0.1, 0.15) is 17.3 Å². The van der Waals surface area contributed by atoms with Crippen LogP contribution in [0.25, 0.3) is 0 Å². The lowest BCUT2D eigenvalue weighted by molar-refractivity contribution is 0.250. The lowest BCUT2D eigenvalue weighted by Crippen LogP contribution is -2.28. The molecular formula is C13H14ClN3O2. The molecule has 0 unspecified atom stereocenters. The molecule has 2 N–H and O–H groups in total. The third-order valence-corrected chi connectivity index (χ3v) is 2.76. The fourth-order valence-electron chi connectivity index (χ4n) is 1.61. The van der Waals surface area contributed by atoms with E-state index in [0.717, 1.165) is 5.69 Å². The highest BCUT2D eigenvalue weighted by Crippen LogP contribution is 2.13. The number of aryl methyl sites for hydroxylation is 2. The van der Waals surface area contributed by atoms with Crippen LogP contribution < -0.4 is 10.6 Å². The first-order valence-electron chi connectivity index (χ1n) is 5.78. The van der Waals surface area contributed by atoms with Gasteiger partial charge in [0.05, 0.1) is 12.2 Å². The van der Waals surface area contributed by atoms with Gasteiger partial charge in [-0.3, -0.25) is 0 Å². The molecule has 0 aliphatic heterocycles. The molecule has 0 saturated carbocycles. The Morgan fingerprint density at radius 2 is 2.00 bits per heavy atom. The van der Waals surface area contributed by atoms with Gasteiger partial charge in [-0.1, -0.05) is 11.6 Å². The lowest BCUT2D eigenvalue weighted by Gasteiger charge is -2.06. The minimum atomic E-state index is -0.309. The van der Waals surface area contributed by atoms with Crippen molar-refractivity contribution in [1.29, 1.82) is 0 Å². The van der Waals surface area contributed by atoms with Crippen LogP contribution in [0.3, 0.4) is 0 Å². The Labute approximate surface area is 116 Å². The number of hydrogen-bond donors (Lipinski definition) is 2. The normalized spacial score (nSPS) is 10.3. The molecule has 0 aliphatic carbocycles. The summed E-state index contributed by atoms with van der Waals surface area (Å²) in [6, 6.07) is 6.57. The molecule has 100 valence electrons. The van der Waals surface area contributed by atoms with Gasteiger partial charge in [0.2, 0.25) is 0 Å². The highest BCUT2D eigenvalue weighted by Gasteiger charge is 2.08. The number of rotatable bonds is 3. The van der Waals surface area contributed by atoms with Crippen molar-refractivity contribution in [2.24, 2.45) is 0 Å². The van der Waals surface area contributed by atoms with Crippen molar-refractivity contribution in [3.8, 4) is 0 Å². The predicted molar refractivity (Wildman–Crippen MR) is 73.3 cm³/mol. The number of carbonyl (C=O) groups is 1. The quantitative estimate of drug-likeness (QED) is 0.906. The van der Waals surface area contributed by atoms with Crippen LogP contribution in [0.15, 0.2) is 28.7 Å². The third kappa shape index (κ3) is 3.72. The van der Waals surface area contributed by atoms with Gasteiger partial charge >= 0.3 is 6.03 Å². The molecule has 0 bridgehead atoms. The Bertz CT molecular complexity index is 578. The number of anilines is 1. The van der Waals surface area contributed by atoms with E-state index >= 15 is 0 Å². The molecule has 0 aliphatic rings. The molecule has 0 spiro atoms. The number of urea groups is 1. The fraction of sp³-hybridized carbons (Fsp3) is 0.231. The third-order valence-electron chi connectivity index (χ3n) is 2.51. The Hall–Kier alpha value is -2.01. The number of nitrogens with zero attached hydrogens (tertiary/aromatic N) is 1. The number of oxazole rings is 1. The van der Waals surface area contributed by atoms with Gasteiger partial charge in [-0.25, -0.2) is 9.78 Å². The smallest absolute Gasteiger partial charge is 0.319 e. The molecule has 2 amide bonds. The first-order chi connectivity index (χ1) is 9.04. The maximum Gasteiger partial charge on any atom is 0.319 e. The van der Waals surface area contributed by atoms with Gasteiger partial charge in [0.25, 0.3) is 0 Å². The van der Waals surface area contributed by atoms with Crippen molar-refractivity contribution >= 4 is 23.3 Å². The lowest BCUT2D eigenvalue weighted by atomic mass is 10.3. The summed E-state index contributed by atoms with van der Waals surface area (Å²) in [6.45, 7) is 3.90. The van der Waals surface area contributed by atoms with E-state index in [2.05, 4.69) is 15.6 Å². The number of carbonyl (C=O) groups excluding carboxylic acids is 1. The summed E-state index contributed by atoms with van der Waals surface area (Å²) in [5.41, 5.74) is 1.46. The summed E-state index contributed by atoms with van der Waals surface area (Å²) in [6.07, 6.45) is 0. The molecule has 0 saturated heterocycles. The predicted octanol–water partition coefficient (Wildman–Crippen LogP) is 3.27. The minimum Gasteiger partial charge on any atom is -0.444 e. The zero-order chi connectivity index (χ0) is 13.8. The van der Waals surface area contributed by atoms with Crippen LogP contribution in [-0.4, -0.2) is 11.0 Å². The molecule has 6 heteroatoms. The van der Waals surface area contributed by atoms with Gasteiger partial charge in [-0.15, -0.1) is 0 Å². The van der Waals surface area contributed by atoms with Gasteiger partial charge < -0.3 is 15.1 Å². The average Bonchev–Trinajstić information content (AvgIpc) is 2.68. The van der Waals surface area contributed by atoms with E-state index in [1.807, 2.05) is 6.92 Å². The number of amides is 2. The number of hydrogen-bond acceptors (Lipinski definition) is 3. The Morgan fingerprint density at radius 3 is 2.58 bits per heavy atom. The molecule has 0 fully saturated rings. The van der Waals surface area contributed by atoms with E-state index < -0.39 is 0 Å². The second-order valence-electron chi connectivity index (χ2n) is 4.06. The van der Waals surface area contributed by atoms with Gasteiger partial charge in [0.1, 0.15) is 5.76 Å². The van der Waals surface area contributed by atoms with E-state index in [-0.39, 0.29) is 6.03 Å². The summed E-state index contributed by atoms with van der Waals surface area (Å²) in [5.74, 6) is 1.25. The molecule has 2 aromatic rings. The second-order valence-corrected chi connectivity index (χ2v) is 4.49. The highest BCUT2D eigenvalue weighted by atomic mass is 35.5. The van der Waals surface area contributed by atoms with Crippen molar-refractivity contribution in [3.05, 3.63) is 46.6 Å². The molecule has 0 atom stereocenters. The Morgan fingerprint density at radius 1 is 1.32 bits per heavy atom. The molecule has 1 heterocycles. The van der Waals surface area contributed by atoms with Crippen LogP contribution in [-0.2, 0) is 6.54 Å². The van der Waals surface area contributed by atoms with Gasteiger partial charge in [-0.2, -0.15) is 0 Å². The van der Waals surface area contributed by atoms with Crippen LogP contribution in [0.4, 0.5) is 10.5 Å². The number of halogens is 1. The number of benzene rings is 1. The number of nitrogens with one attached hydrogen (secondary N) is 2. The summed E-state index contributed by atoms with van der Waals surface area (Å²) in [4.78, 5) is 15.8. The van der Waals surface area contributed by atoms with Crippen LogP contribution >= 0.6 is 11.6 Å². The van der Waals surface area contributed by atoms with Gasteiger partial charge in [0, 0.05) is 17.6 Å². The molecule has 0 radical (unpaired) electrons. The van der Waals surface area contributed by atoms with E-state index in [1.54, 1.807) is 31.2 Å². The number of aromatic nitrogens is 1. The van der Waals surface area contributed by atoms with E-state index in [4.69, 9.17) is 16.0 Å². The van der Waals surface area contributed by atoms with Crippen molar-refractivity contribution < 1.29 is 9.21 Å². The van der Waals surface area contributed by atoms with Crippen LogP contribution in [0.2, 0.25) is 5.02 Å². The van der Waals surface area contributed by atoms with E-state index in [1.165, 1.54) is 0 Å². The summed E-state index contributed by atoms with van der Waals surface area (Å²) < 4.78 is 5.36. The van der Waals surface area contributed by atoms with Gasteiger partial charge in [0.15, 0.2) is 5.89 Å². The average molecular weight is 280 g/mol. The topological polar surface area (TPSA) is 67.2 Å². The van der Waals surface area contributed by atoms with Crippen LogP contribution in [0.5, 0.6) is 0 Å².